The van der Waals surface area contributed by atoms with Crippen LogP contribution in [0.3, 0.4) is 0 Å². The second-order valence-electron chi connectivity index (χ2n) is 7.41. The lowest BCUT2D eigenvalue weighted by atomic mass is 10.1. The summed E-state index contributed by atoms with van der Waals surface area (Å²) in [6.45, 7) is 6.28. The summed E-state index contributed by atoms with van der Waals surface area (Å²) in [7, 11) is 0. The molecule has 0 spiro atoms. The van der Waals surface area contributed by atoms with Crippen molar-refractivity contribution < 1.29 is 9.53 Å². The van der Waals surface area contributed by atoms with Crippen LogP contribution >= 0.6 is 11.6 Å². The molecule has 0 saturated heterocycles. The first kappa shape index (κ1) is 22.1. The van der Waals surface area contributed by atoms with E-state index in [1.54, 1.807) is 18.2 Å². The first-order valence-corrected chi connectivity index (χ1v) is 10.2. The zero-order valence-corrected chi connectivity index (χ0v) is 18.5. The van der Waals surface area contributed by atoms with E-state index in [1.165, 1.54) is 6.08 Å². The monoisotopic (exact) mass is 430 g/mol. The molecular weight excluding hydrogens is 408 g/mol. The molecule has 31 heavy (non-hydrogen) atoms. The van der Waals surface area contributed by atoms with Crippen LogP contribution in [0.15, 0.2) is 66.2 Å². The number of rotatable bonds is 6. The molecule has 5 heteroatoms. The molecule has 0 aliphatic heterocycles. The third-order valence-electron chi connectivity index (χ3n) is 4.75. The van der Waals surface area contributed by atoms with Crippen molar-refractivity contribution in [3.8, 4) is 11.8 Å². The van der Waals surface area contributed by atoms with Crippen molar-refractivity contribution in [1.29, 1.82) is 5.26 Å². The van der Waals surface area contributed by atoms with Crippen LogP contribution in [0.5, 0.6) is 5.75 Å². The number of carbonyl (C=O) groups is 1. The minimum atomic E-state index is -0.466. The average Bonchev–Trinajstić information content (AvgIpc) is 2.74. The SMILES string of the molecule is Cc1cccc(COc2ccc(/C=C(\C#N)C(=O)Nc3cc(C)ccc3C)cc2Cl)c1. The highest BCUT2D eigenvalue weighted by Gasteiger charge is 2.12. The Hall–Kier alpha value is -3.55. The zero-order valence-electron chi connectivity index (χ0n) is 17.7. The third-order valence-corrected chi connectivity index (χ3v) is 5.05. The maximum absolute atomic E-state index is 12.6. The van der Waals surface area contributed by atoms with Crippen molar-refractivity contribution in [2.45, 2.75) is 27.4 Å². The minimum Gasteiger partial charge on any atom is -0.487 e. The maximum Gasteiger partial charge on any atom is 0.266 e. The highest BCUT2D eigenvalue weighted by Crippen LogP contribution is 2.27. The smallest absolute Gasteiger partial charge is 0.266 e. The van der Waals surface area contributed by atoms with E-state index in [0.29, 0.717) is 28.6 Å². The summed E-state index contributed by atoms with van der Waals surface area (Å²) < 4.78 is 5.82. The third kappa shape index (κ3) is 5.97. The predicted octanol–water partition coefficient (Wildman–Crippen LogP) is 6.39. The lowest BCUT2D eigenvalue weighted by molar-refractivity contribution is -0.112. The fraction of sp³-hybridized carbons (Fsp3) is 0.154. The molecule has 0 aliphatic carbocycles. The Balaban J connectivity index is 1.73. The van der Waals surface area contributed by atoms with E-state index in [0.717, 1.165) is 22.3 Å². The molecule has 3 rings (SSSR count). The van der Waals surface area contributed by atoms with Gasteiger partial charge in [0.1, 0.15) is 24.0 Å². The molecule has 0 atom stereocenters. The number of hydrogen-bond acceptors (Lipinski definition) is 3. The molecule has 0 unspecified atom stereocenters. The number of anilines is 1. The van der Waals surface area contributed by atoms with Crippen molar-refractivity contribution >= 4 is 29.3 Å². The molecule has 0 bridgehead atoms. The molecule has 0 aliphatic rings. The minimum absolute atomic E-state index is 0.00889. The maximum atomic E-state index is 12.6. The van der Waals surface area contributed by atoms with Gasteiger partial charge in [-0.1, -0.05) is 59.6 Å². The van der Waals surface area contributed by atoms with Crippen molar-refractivity contribution in [2.24, 2.45) is 0 Å². The summed E-state index contributed by atoms with van der Waals surface area (Å²) in [6.07, 6.45) is 1.51. The van der Waals surface area contributed by atoms with Crippen LogP contribution in [-0.2, 0) is 11.4 Å². The zero-order chi connectivity index (χ0) is 22.4. The molecule has 0 saturated carbocycles. The summed E-state index contributed by atoms with van der Waals surface area (Å²) in [5.74, 6) is 0.0748. The van der Waals surface area contributed by atoms with Crippen LogP contribution in [0.25, 0.3) is 6.08 Å². The second kappa shape index (κ2) is 9.97. The molecule has 0 radical (unpaired) electrons. The summed E-state index contributed by atoms with van der Waals surface area (Å²) >= 11 is 6.36. The van der Waals surface area contributed by atoms with Crippen LogP contribution in [0.1, 0.15) is 27.8 Å². The van der Waals surface area contributed by atoms with E-state index >= 15 is 0 Å². The van der Waals surface area contributed by atoms with Crippen molar-refractivity contribution in [1.82, 2.24) is 0 Å². The Morgan fingerprint density at radius 2 is 1.84 bits per heavy atom. The molecule has 1 amide bonds. The summed E-state index contributed by atoms with van der Waals surface area (Å²) in [6, 6.07) is 21.0. The topological polar surface area (TPSA) is 62.1 Å². The number of carbonyl (C=O) groups excluding carboxylic acids is 1. The fourth-order valence-electron chi connectivity index (χ4n) is 3.06. The average molecular weight is 431 g/mol. The molecule has 0 fully saturated rings. The number of halogens is 1. The molecule has 156 valence electrons. The van der Waals surface area contributed by atoms with Gasteiger partial charge in [-0.15, -0.1) is 0 Å². The highest BCUT2D eigenvalue weighted by atomic mass is 35.5. The van der Waals surface area contributed by atoms with Crippen LogP contribution in [0.4, 0.5) is 5.69 Å². The molecule has 0 heterocycles. The van der Waals surface area contributed by atoms with Crippen LogP contribution in [-0.4, -0.2) is 5.91 Å². The van der Waals surface area contributed by atoms with E-state index in [-0.39, 0.29) is 5.57 Å². The number of nitriles is 1. The lowest BCUT2D eigenvalue weighted by Gasteiger charge is -2.10. The van der Waals surface area contributed by atoms with Gasteiger partial charge >= 0.3 is 0 Å². The van der Waals surface area contributed by atoms with Gasteiger partial charge in [-0.05, 0) is 67.3 Å². The number of amides is 1. The van der Waals surface area contributed by atoms with Crippen LogP contribution in [0.2, 0.25) is 5.02 Å². The Morgan fingerprint density at radius 3 is 2.55 bits per heavy atom. The molecular formula is C26H23ClN2O2. The second-order valence-corrected chi connectivity index (χ2v) is 7.82. The molecule has 0 aromatic heterocycles. The standard InChI is InChI=1S/C26H23ClN2O2/c1-17-5-4-6-21(11-17)16-31-25-10-9-20(14-23(25)27)13-22(15-28)26(30)29-24-12-18(2)7-8-19(24)3/h4-14H,16H2,1-3H3,(H,29,30)/b22-13+. The molecule has 4 nitrogen and oxygen atoms in total. The van der Waals surface area contributed by atoms with Gasteiger partial charge in [0.2, 0.25) is 0 Å². The van der Waals surface area contributed by atoms with Crippen molar-refractivity contribution in [3.05, 3.63) is 99.1 Å². The van der Waals surface area contributed by atoms with Gasteiger partial charge in [0.15, 0.2) is 0 Å². The molecule has 3 aromatic carbocycles. The Morgan fingerprint density at radius 1 is 1.06 bits per heavy atom. The molecule has 1 N–H and O–H groups in total. The fourth-order valence-corrected chi connectivity index (χ4v) is 3.31. The predicted molar refractivity (Wildman–Crippen MR) is 125 cm³/mol. The van der Waals surface area contributed by atoms with E-state index in [2.05, 4.69) is 11.4 Å². The van der Waals surface area contributed by atoms with Crippen LogP contribution in [0, 0.1) is 32.1 Å². The lowest BCUT2D eigenvalue weighted by Crippen LogP contribution is -2.14. The van der Waals surface area contributed by atoms with Gasteiger partial charge in [-0.3, -0.25) is 4.79 Å². The molecule has 3 aromatic rings. The number of hydrogen-bond donors (Lipinski definition) is 1. The van der Waals surface area contributed by atoms with E-state index in [4.69, 9.17) is 16.3 Å². The van der Waals surface area contributed by atoms with Crippen molar-refractivity contribution in [3.63, 3.8) is 0 Å². The number of benzene rings is 3. The van der Waals surface area contributed by atoms with Gasteiger partial charge in [0.05, 0.1) is 5.02 Å². The number of ether oxygens (including phenoxy) is 1. The largest absolute Gasteiger partial charge is 0.487 e. The van der Waals surface area contributed by atoms with E-state index in [9.17, 15) is 10.1 Å². The number of nitrogens with one attached hydrogen (secondary N) is 1. The van der Waals surface area contributed by atoms with Gasteiger partial charge in [0.25, 0.3) is 5.91 Å². The quantitative estimate of drug-likeness (QED) is 0.364. The summed E-state index contributed by atoms with van der Waals surface area (Å²) in [5, 5.41) is 12.7. The van der Waals surface area contributed by atoms with Gasteiger partial charge in [-0.25, -0.2) is 0 Å². The first-order chi connectivity index (χ1) is 14.9. The van der Waals surface area contributed by atoms with Crippen molar-refractivity contribution in [2.75, 3.05) is 5.32 Å². The summed E-state index contributed by atoms with van der Waals surface area (Å²) in [4.78, 5) is 12.6. The Kier molecular flexibility index (Phi) is 7.12. The van der Waals surface area contributed by atoms with E-state index in [1.807, 2.05) is 63.2 Å². The Labute approximate surface area is 187 Å². The van der Waals surface area contributed by atoms with Crippen LogP contribution < -0.4 is 10.1 Å². The normalized spacial score (nSPS) is 11.0. The number of aryl methyl sites for hydroxylation is 3. The van der Waals surface area contributed by atoms with E-state index < -0.39 is 5.91 Å². The van der Waals surface area contributed by atoms with Gasteiger partial charge in [0, 0.05) is 5.69 Å². The first-order valence-electron chi connectivity index (χ1n) is 9.84. The summed E-state index contributed by atoms with van der Waals surface area (Å²) in [5.41, 5.74) is 5.48. The Bertz CT molecular complexity index is 1190. The van der Waals surface area contributed by atoms with Gasteiger partial charge in [-0.2, -0.15) is 5.26 Å². The number of nitrogens with zero attached hydrogens (tertiary/aromatic N) is 1. The highest BCUT2D eigenvalue weighted by molar-refractivity contribution is 6.32. The van der Waals surface area contributed by atoms with Gasteiger partial charge < -0.3 is 10.1 Å².